The van der Waals surface area contributed by atoms with Crippen molar-refractivity contribution in [1.29, 1.82) is 0 Å². The SMILES string of the molecule is c1ccc2c(c1)Cc1c-2ccc2c1-c1cc3c4cccnc4n4c5ccncc5nc4c3cc1C2.c1ccc2c(c1)Cc1c-2ccc2c1Cc1cc3c(cc1-2)c1cccnc1n1c2ccncc2nc31.c1ccc2c(c1)Cc1cc3c(cc1-2)-c1cc2c4cccnc4n4c5ccncc5nc4c2cc1C3.c1ccc2c(c1)Cc1ccc3c(c1-2)-c1cc2c4cccnc4n4c5ccncc5nc4c2cc1C3. The van der Waals surface area contributed by atoms with Gasteiger partial charge in [0.25, 0.3) is 0 Å². The second kappa shape index (κ2) is 27.7. The number of fused-ring (bicyclic) bond motifs is 59. The lowest BCUT2D eigenvalue weighted by Crippen LogP contribution is -1.95. The van der Waals surface area contributed by atoms with E-state index >= 15 is 0 Å². The Hall–Kier alpha value is -18.3. The van der Waals surface area contributed by atoms with Gasteiger partial charge in [0, 0.05) is 92.7 Å². The second-order valence-corrected chi connectivity index (χ2v) is 38.8. The first-order chi connectivity index (χ1) is 69.4. The van der Waals surface area contributed by atoms with Gasteiger partial charge in [0.05, 0.1) is 46.9 Å². The number of pyridine rings is 12. The summed E-state index contributed by atoms with van der Waals surface area (Å²) in [6, 6.07) is 98.3. The molecule has 0 spiro atoms. The molecule has 0 amide bonds. The predicted octanol–water partition coefficient (Wildman–Crippen LogP) is 26.9. The number of benzene rings is 12. The average molecular weight is 1790 g/mol. The molecule has 16 aromatic heterocycles. The van der Waals surface area contributed by atoms with Gasteiger partial charge in [-0.05, 0) is 378 Å². The van der Waals surface area contributed by atoms with Crippen molar-refractivity contribution in [2.24, 2.45) is 0 Å². The highest BCUT2D eigenvalue weighted by atomic mass is 15.1. The molecule has 0 radical (unpaired) electrons. The number of rotatable bonds is 0. The van der Waals surface area contributed by atoms with Crippen molar-refractivity contribution in [2.75, 3.05) is 0 Å². The van der Waals surface area contributed by atoms with Crippen LogP contribution in [0.5, 0.6) is 0 Å². The first kappa shape index (κ1) is 75.1. The predicted molar refractivity (Wildman–Crippen MR) is 559 cm³/mol. The van der Waals surface area contributed by atoms with E-state index in [0.717, 1.165) is 162 Å². The van der Waals surface area contributed by atoms with Crippen LogP contribution in [0.25, 0.3) is 243 Å². The van der Waals surface area contributed by atoms with E-state index in [2.05, 4.69) is 256 Å². The van der Waals surface area contributed by atoms with Gasteiger partial charge in [0.2, 0.25) is 0 Å². The summed E-state index contributed by atoms with van der Waals surface area (Å²) in [5, 5.41) is 14.1. The fraction of sp³-hybridized carbons (Fsp3) is 0.0645. The van der Waals surface area contributed by atoms with Crippen molar-refractivity contribution in [3.63, 3.8) is 0 Å². The van der Waals surface area contributed by atoms with Gasteiger partial charge in [-0.15, -0.1) is 0 Å². The first-order valence-electron chi connectivity index (χ1n) is 48.2. The molecule has 0 unspecified atom stereocenters. The third-order valence-corrected chi connectivity index (χ3v) is 31.8. The number of aromatic nitrogens is 16. The summed E-state index contributed by atoms with van der Waals surface area (Å²) in [6.45, 7) is 0. The summed E-state index contributed by atoms with van der Waals surface area (Å²) < 4.78 is 8.76. The average Bonchev–Trinajstić information content (AvgIpc) is 1.56. The van der Waals surface area contributed by atoms with Gasteiger partial charge in [-0.3, -0.25) is 37.5 Å². The Morgan fingerprint density at radius 3 is 0.907 bits per heavy atom. The molecule has 8 aliphatic carbocycles. The molecule has 12 aromatic carbocycles. The molecular formula is C124H72N16. The van der Waals surface area contributed by atoms with Crippen molar-refractivity contribution in [3.05, 3.63) is 430 Å². The van der Waals surface area contributed by atoms with Crippen molar-refractivity contribution < 1.29 is 0 Å². The largest absolute Gasteiger partial charge is 0.276 e. The maximum absolute atomic E-state index is 5.02. The fourth-order valence-corrected chi connectivity index (χ4v) is 25.8. The summed E-state index contributed by atoms with van der Waals surface area (Å²) >= 11 is 0. The second-order valence-electron chi connectivity index (χ2n) is 38.8. The van der Waals surface area contributed by atoms with Gasteiger partial charge in [0.15, 0.2) is 0 Å². The van der Waals surface area contributed by atoms with Crippen molar-refractivity contribution in [1.82, 2.24) is 77.4 Å². The molecule has 28 aromatic rings. The van der Waals surface area contributed by atoms with Crippen LogP contribution < -0.4 is 0 Å². The van der Waals surface area contributed by atoms with Gasteiger partial charge in [0.1, 0.15) is 67.2 Å². The molecule has 648 valence electrons. The molecule has 8 aliphatic rings. The summed E-state index contributed by atoms with van der Waals surface area (Å²) in [5.74, 6) is 0. The van der Waals surface area contributed by atoms with Crippen molar-refractivity contribution >= 4 is 154 Å². The molecule has 16 nitrogen and oxygen atoms in total. The highest BCUT2D eigenvalue weighted by molar-refractivity contribution is 6.20. The Morgan fingerprint density at radius 1 is 0.164 bits per heavy atom. The molecule has 0 atom stereocenters. The van der Waals surface area contributed by atoms with E-state index in [9.17, 15) is 0 Å². The Labute approximate surface area is 796 Å². The minimum Gasteiger partial charge on any atom is -0.276 e. The maximum Gasteiger partial charge on any atom is 0.147 e. The minimum atomic E-state index is 0.894. The van der Waals surface area contributed by atoms with E-state index < -0.39 is 0 Å². The Kier molecular flexibility index (Phi) is 14.9. The normalized spacial score (nSPS) is 13.5. The van der Waals surface area contributed by atoms with Gasteiger partial charge >= 0.3 is 0 Å². The molecule has 16 heterocycles. The van der Waals surface area contributed by atoms with E-state index in [1.54, 1.807) is 0 Å². The van der Waals surface area contributed by atoms with Crippen LogP contribution in [0.4, 0.5) is 0 Å². The van der Waals surface area contributed by atoms with Crippen LogP contribution in [-0.2, 0) is 51.4 Å². The maximum atomic E-state index is 5.02. The smallest absolute Gasteiger partial charge is 0.147 e. The van der Waals surface area contributed by atoms with Crippen LogP contribution in [0.1, 0.15) is 89.0 Å². The van der Waals surface area contributed by atoms with E-state index in [4.69, 9.17) is 39.9 Å². The molecule has 0 aliphatic heterocycles. The zero-order valence-electron chi connectivity index (χ0n) is 75.1. The topological polar surface area (TPSA) is 172 Å². The molecular weight excluding hydrogens is 1710 g/mol. The fourth-order valence-electron chi connectivity index (χ4n) is 25.8. The Balaban J connectivity index is 0.0000000829. The van der Waals surface area contributed by atoms with Gasteiger partial charge < -0.3 is 0 Å². The van der Waals surface area contributed by atoms with Crippen LogP contribution in [0.3, 0.4) is 0 Å². The summed E-state index contributed by atoms with van der Waals surface area (Å²) in [6.07, 6.45) is 30.1. The third kappa shape index (κ3) is 10.3. The lowest BCUT2D eigenvalue weighted by Gasteiger charge is -2.13. The molecule has 0 saturated heterocycles. The van der Waals surface area contributed by atoms with Crippen LogP contribution >= 0.6 is 0 Å². The summed E-state index contributed by atoms with van der Waals surface area (Å²) in [7, 11) is 0. The molecule has 0 N–H and O–H groups in total. The molecule has 0 bridgehead atoms. The minimum absolute atomic E-state index is 0.894. The lowest BCUT2D eigenvalue weighted by molar-refractivity contribution is 1.16. The Bertz CT molecular complexity index is 10700. The van der Waals surface area contributed by atoms with Crippen LogP contribution in [0.2, 0.25) is 0 Å². The molecule has 36 rings (SSSR count). The van der Waals surface area contributed by atoms with Crippen LogP contribution in [0.15, 0.2) is 341 Å². The number of hydrogen-bond acceptors (Lipinski definition) is 12. The molecule has 140 heavy (non-hydrogen) atoms. The van der Waals surface area contributed by atoms with E-state index in [1.165, 1.54) is 221 Å². The van der Waals surface area contributed by atoms with Crippen molar-refractivity contribution in [2.45, 2.75) is 51.4 Å². The van der Waals surface area contributed by atoms with E-state index in [-0.39, 0.29) is 0 Å². The van der Waals surface area contributed by atoms with Gasteiger partial charge in [-0.2, -0.15) is 0 Å². The third-order valence-electron chi connectivity index (χ3n) is 31.8. The van der Waals surface area contributed by atoms with Gasteiger partial charge in [-0.25, -0.2) is 39.9 Å². The zero-order chi connectivity index (χ0) is 90.7. The highest BCUT2D eigenvalue weighted by Crippen LogP contribution is 2.56. The molecule has 0 saturated carbocycles. The standard InChI is InChI=1S/4C31H18N4/c1-2-5-20-17(4-1)13-25-21(20)8-7-18-12-19-14-26-24(15-23(19)29(18)25)22-6-3-10-33-30(22)35-28-9-11-32-16-27(28)34-31(26)35;1-2-5-19-17(4-1)12-24-20(19)7-8-21-23-15-26-22-6-3-10-33-30(22)35-29-9-11-32-16-28(29)34-31(35)27(26)14-18(23)13-25(21)24;1-2-5-21-17(4-1)12-18-7-8-19-13-20-14-25-24(15-23(20)29(19)28(18)21)22-6-3-10-33-30(22)35-27-9-11-32-16-26(27)34-31(25)35;1-2-5-21-17(4-1)10-18-11-19-12-20-13-27-26(15-25(20)24(19)14-23(18)21)22-6-3-8-33-30(22)35-29-7-9-32-16-28(29)34-31(27)35/h3*1-11,14-16H,12-13H2;1-9,11,13-16H,10,12H2. The van der Waals surface area contributed by atoms with Crippen LogP contribution in [-0.4, -0.2) is 77.4 Å². The Morgan fingerprint density at radius 2 is 0.450 bits per heavy atom. The molecule has 16 heteroatoms. The van der Waals surface area contributed by atoms with Crippen LogP contribution in [0, 0.1) is 0 Å². The summed E-state index contributed by atoms with van der Waals surface area (Å²) in [4.78, 5) is 56.5. The monoisotopic (exact) mass is 1780 g/mol. The first-order valence-corrected chi connectivity index (χ1v) is 48.2. The number of hydrogen-bond donors (Lipinski definition) is 0. The van der Waals surface area contributed by atoms with Gasteiger partial charge in [-0.1, -0.05) is 140 Å². The quantitative estimate of drug-likeness (QED) is 0.132. The van der Waals surface area contributed by atoms with E-state index in [0.29, 0.717) is 0 Å². The highest BCUT2D eigenvalue weighted by Gasteiger charge is 2.36. The number of nitrogens with zero attached hydrogens (tertiary/aromatic N) is 16. The number of imidazole rings is 4. The molecule has 0 fully saturated rings. The summed E-state index contributed by atoms with van der Waals surface area (Å²) in [5.41, 5.74) is 60.3. The van der Waals surface area contributed by atoms with E-state index in [1.807, 2.05) is 123 Å². The lowest BCUT2D eigenvalue weighted by atomic mass is 9.92. The van der Waals surface area contributed by atoms with Crippen molar-refractivity contribution in [3.8, 4) is 89.0 Å². The zero-order valence-corrected chi connectivity index (χ0v) is 75.1.